The van der Waals surface area contributed by atoms with E-state index in [1.54, 1.807) is 6.92 Å². The zero-order valence-electron chi connectivity index (χ0n) is 18.0. The van der Waals surface area contributed by atoms with Gasteiger partial charge in [-0.3, -0.25) is 4.79 Å². The Labute approximate surface area is 191 Å². The van der Waals surface area contributed by atoms with Crippen LogP contribution in [0.15, 0.2) is 91.0 Å². The van der Waals surface area contributed by atoms with Crippen LogP contribution in [-0.2, 0) is 9.53 Å². The first-order valence-electron chi connectivity index (χ1n) is 10.6. The molecule has 0 fully saturated rings. The van der Waals surface area contributed by atoms with Crippen molar-refractivity contribution in [3.05, 3.63) is 108 Å². The fourth-order valence-electron chi connectivity index (χ4n) is 3.58. The molecule has 0 aromatic heterocycles. The molecule has 0 aliphatic carbocycles. The molecule has 0 aliphatic heterocycles. The van der Waals surface area contributed by atoms with Crippen LogP contribution < -0.4 is 5.32 Å². The Morgan fingerprint density at radius 1 is 0.909 bits per heavy atom. The zero-order valence-corrected chi connectivity index (χ0v) is 18.0. The van der Waals surface area contributed by atoms with E-state index in [2.05, 4.69) is 5.32 Å². The maximum atomic E-state index is 14.5. The van der Waals surface area contributed by atoms with Crippen LogP contribution in [0, 0.1) is 5.82 Å². The van der Waals surface area contributed by atoms with E-state index in [-0.39, 0.29) is 12.3 Å². The quantitative estimate of drug-likeness (QED) is 0.277. The van der Waals surface area contributed by atoms with Crippen LogP contribution in [0.3, 0.4) is 0 Å². The van der Waals surface area contributed by atoms with Crippen LogP contribution in [0.4, 0.5) is 10.1 Å². The highest BCUT2D eigenvalue weighted by Gasteiger charge is 2.15. The topological polar surface area (TPSA) is 55.4 Å². The Balaban J connectivity index is 1.68. The first-order valence-corrected chi connectivity index (χ1v) is 10.6. The number of amides is 1. The van der Waals surface area contributed by atoms with Gasteiger partial charge in [0.05, 0.1) is 12.3 Å². The second-order valence-corrected chi connectivity index (χ2v) is 7.39. The Morgan fingerprint density at radius 3 is 2.45 bits per heavy atom. The van der Waals surface area contributed by atoms with Crippen LogP contribution in [0.5, 0.6) is 0 Å². The smallest absolute Gasteiger partial charge is 0.330 e. The molecule has 0 atom stereocenters. The van der Waals surface area contributed by atoms with Crippen LogP contribution >= 0.6 is 0 Å². The molecule has 4 aromatic rings. The van der Waals surface area contributed by atoms with E-state index in [1.807, 2.05) is 66.7 Å². The van der Waals surface area contributed by atoms with E-state index < -0.39 is 17.7 Å². The van der Waals surface area contributed by atoms with E-state index in [0.717, 1.165) is 21.9 Å². The maximum Gasteiger partial charge on any atom is 0.330 e. The van der Waals surface area contributed by atoms with Crippen molar-refractivity contribution in [2.24, 2.45) is 0 Å². The number of fused-ring (bicyclic) bond motifs is 1. The summed E-state index contributed by atoms with van der Waals surface area (Å²) in [7, 11) is 0. The number of hydrogen-bond donors (Lipinski definition) is 1. The highest BCUT2D eigenvalue weighted by molar-refractivity contribution is 6.14. The number of rotatable bonds is 6. The summed E-state index contributed by atoms with van der Waals surface area (Å²) in [4.78, 5) is 24.8. The minimum atomic E-state index is -0.569. The lowest BCUT2D eigenvalue weighted by Gasteiger charge is -2.12. The first-order chi connectivity index (χ1) is 16.0. The molecule has 0 aliphatic rings. The molecule has 4 nitrogen and oxygen atoms in total. The Kier molecular flexibility index (Phi) is 6.60. The molecule has 0 heterocycles. The molecule has 1 N–H and O–H groups in total. The Bertz CT molecular complexity index is 1350. The molecule has 4 rings (SSSR count). The van der Waals surface area contributed by atoms with Crippen LogP contribution in [0.25, 0.3) is 28.0 Å². The summed E-state index contributed by atoms with van der Waals surface area (Å²) in [5.74, 6) is -1.48. The molecule has 1 amide bonds. The van der Waals surface area contributed by atoms with E-state index in [9.17, 15) is 14.0 Å². The summed E-state index contributed by atoms with van der Waals surface area (Å²) in [6.45, 7) is 1.98. The molecule has 0 unspecified atom stereocenters. The third-order valence-electron chi connectivity index (χ3n) is 5.15. The number of nitrogens with one attached hydrogen (secondary N) is 1. The van der Waals surface area contributed by atoms with Gasteiger partial charge in [-0.15, -0.1) is 0 Å². The number of benzene rings is 4. The van der Waals surface area contributed by atoms with Gasteiger partial charge < -0.3 is 10.1 Å². The average Bonchev–Trinajstić information content (AvgIpc) is 2.84. The predicted molar refractivity (Wildman–Crippen MR) is 129 cm³/mol. The summed E-state index contributed by atoms with van der Waals surface area (Å²) in [5.41, 5.74) is 2.90. The molecule has 0 saturated carbocycles. The normalized spacial score (nSPS) is 11.0. The largest absolute Gasteiger partial charge is 0.463 e. The number of hydrogen-bond acceptors (Lipinski definition) is 3. The van der Waals surface area contributed by atoms with Gasteiger partial charge in [-0.05, 0) is 64.7 Å². The molecule has 0 spiro atoms. The van der Waals surface area contributed by atoms with Gasteiger partial charge in [0, 0.05) is 11.6 Å². The number of ether oxygens (including phenoxy) is 1. The molecule has 33 heavy (non-hydrogen) atoms. The number of carbonyl (C=O) groups is 2. The maximum absolute atomic E-state index is 14.5. The SMILES string of the molecule is CCOC(=O)/C=C/c1ccc(F)c(NC(=O)c2cc(-c3ccccc3)cc3ccccc23)c1. The summed E-state index contributed by atoms with van der Waals surface area (Å²) in [5, 5.41) is 4.37. The lowest BCUT2D eigenvalue weighted by Crippen LogP contribution is -2.14. The monoisotopic (exact) mass is 439 g/mol. The van der Waals surface area contributed by atoms with E-state index in [0.29, 0.717) is 11.1 Å². The van der Waals surface area contributed by atoms with E-state index in [4.69, 9.17) is 4.74 Å². The highest BCUT2D eigenvalue weighted by Crippen LogP contribution is 2.29. The van der Waals surface area contributed by atoms with Crippen molar-refractivity contribution in [1.29, 1.82) is 0 Å². The second-order valence-electron chi connectivity index (χ2n) is 7.39. The van der Waals surface area contributed by atoms with Crippen LogP contribution in [-0.4, -0.2) is 18.5 Å². The number of carbonyl (C=O) groups excluding carboxylic acids is 2. The lowest BCUT2D eigenvalue weighted by molar-refractivity contribution is -0.137. The van der Waals surface area contributed by atoms with Crippen molar-refractivity contribution < 1.29 is 18.7 Å². The first kappa shape index (κ1) is 22.0. The minimum absolute atomic E-state index is 0.0280. The Hall–Kier alpha value is -4.25. The van der Waals surface area contributed by atoms with Gasteiger partial charge in [-0.1, -0.05) is 60.7 Å². The van der Waals surface area contributed by atoms with Gasteiger partial charge in [0.15, 0.2) is 0 Å². The molecular weight excluding hydrogens is 417 g/mol. The zero-order chi connectivity index (χ0) is 23.2. The van der Waals surface area contributed by atoms with Gasteiger partial charge >= 0.3 is 5.97 Å². The minimum Gasteiger partial charge on any atom is -0.463 e. The number of halogens is 1. The van der Waals surface area contributed by atoms with Crippen LogP contribution in [0.2, 0.25) is 0 Å². The third kappa shape index (κ3) is 5.15. The van der Waals surface area contributed by atoms with Crippen molar-refractivity contribution in [1.82, 2.24) is 0 Å². The predicted octanol–water partition coefficient (Wildman–Crippen LogP) is 6.47. The standard InChI is InChI=1S/C28H22FNO3/c1-2-33-27(31)15-13-19-12-14-25(29)26(16-19)30-28(32)24-18-22(20-8-4-3-5-9-20)17-21-10-6-7-11-23(21)24/h3-18H,2H2,1H3,(H,30,32)/b15-13+. The van der Waals surface area contributed by atoms with Gasteiger partial charge in [-0.25, -0.2) is 9.18 Å². The van der Waals surface area contributed by atoms with Gasteiger partial charge in [0.1, 0.15) is 5.82 Å². The van der Waals surface area contributed by atoms with Crippen LogP contribution in [0.1, 0.15) is 22.8 Å². The lowest BCUT2D eigenvalue weighted by atomic mass is 9.96. The number of anilines is 1. The second kappa shape index (κ2) is 9.92. The van der Waals surface area contributed by atoms with E-state index >= 15 is 0 Å². The molecular formula is C28H22FNO3. The van der Waals surface area contributed by atoms with Crippen molar-refractivity contribution in [3.63, 3.8) is 0 Å². The number of esters is 1. The third-order valence-corrected chi connectivity index (χ3v) is 5.15. The van der Waals surface area contributed by atoms with Gasteiger partial charge in [-0.2, -0.15) is 0 Å². The molecule has 164 valence electrons. The summed E-state index contributed by atoms with van der Waals surface area (Å²) in [6, 6.07) is 25.5. The van der Waals surface area contributed by atoms with Gasteiger partial charge in [0.2, 0.25) is 0 Å². The van der Waals surface area contributed by atoms with Crippen molar-refractivity contribution in [2.75, 3.05) is 11.9 Å². The molecule has 0 radical (unpaired) electrons. The van der Waals surface area contributed by atoms with Gasteiger partial charge in [0.25, 0.3) is 5.91 Å². The fraction of sp³-hybridized carbons (Fsp3) is 0.0714. The van der Waals surface area contributed by atoms with Crippen molar-refractivity contribution in [2.45, 2.75) is 6.92 Å². The fourth-order valence-corrected chi connectivity index (χ4v) is 3.58. The van der Waals surface area contributed by atoms with Crippen molar-refractivity contribution >= 4 is 34.4 Å². The molecule has 4 aromatic carbocycles. The Morgan fingerprint density at radius 2 is 1.67 bits per heavy atom. The summed E-state index contributed by atoms with van der Waals surface area (Å²) >= 11 is 0. The molecule has 0 bridgehead atoms. The molecule has 5 heteroatoms. The average molecular weight is 439 g/mol. The van der Waals surface area contributed by atoms with E-state index in [1.165, 1.54) is 30.4 Å². The van der Waals surface area contributed by atoms with Crippen molar-refractivity contribution in [3.8, 4) is 11.1 Å². The summed E-state index contributed by atoms with van der Waals surface area (Å²) < 4.78 is 19.4. The summed E-state index contributed by atoms with van der Waals surface area (Å²) in [6.07, 6.45) is 2.78. The highest BCUT2D eigenvalue weighted by atomic mass is 19.1. The molecule has 0 saturated heterocycles.